The zero-order valence-electron chi connectivity index (χ0n) is 11.5. The first-order valence-electron chi connectivity index (χ1n) is 6.32. The van der Waals surface area contributed by atoms with Gasteiger partial charge in [0.25, 0.3) is 5.69 Å². The third-order valence-corrected chi connectivity index (χ3v) is 3.57. The van der Waals surface area contributed by atoms with E-state index in [4.69, 9.17) is 34.8 Å². The topological polar surface area (TPSA) is 67.5 Å². The number of hydrogen-bond donors (Lipinski definition) is 1. The maximum atomic E-state index is 10.9. The fourth-order valence-electron chi connectivity index (χ4n) is 1.74. The molecule has 8 heteroatoms. The number of nitrogens with zero attached hydrogens (tertiary/aromatic N) is 2. The fraction of sp³-hybridized carbons (Fsp3) is 0. The molecule has 1 N–H and O–H groups in total. The number of anilines is 1. The maximum absolute atomic E-state index is 10.9. The number of nitro benzene ring substituents is 1. The predicted octanol–water partition coefficient (Wildman–Crippen LogP) is 5.67. The van der Waals surface area contributed by atoms with E-state index in [2.05, 4.69) is 10.5 Å². The lowest BCUT2D eigenvalue weighted by atomic mass is 10.2. The van der Waals surface area contributed by atoms with Gasteiger partial charge in [-0.2, -0.15) is 5.10 Å². The molecule has 0 aliphatic rings. The molecule has 2 rings (SSSR count). The molecule has 2 aromatic carbocycles. The normalized spacial score (nSPS) is 11.3. The van der Waals surface area contributed by atoms with E-state index in [1.165, 1.54) is 24.4 Å². The largest absolute Gasteiger partial charge is 0.276 e. The molecule has 0 fully saturated rings. The van der Waals surface area contributed by atoms with Gasteiger partial charge >= 0.3 is 0 Å². The molecule has 0 spiro atoms. The van der Waals surface area contributed by atoms with Crippen LogP contribution in [0.15, 0.2) is 47.6 Å². The second kappa shape index (κ2) is 7.97. The monoisotopic (exact) mass is 369 g/mol. The number of nitro groups is 1. The van der Waals surface area contributed by atoms with Gasteiger partial charge in [-0.25, -0.2) is 0 Å². The number of para-hydroxylation sites is 1. The molecule has 0 heterocycles. The standard InChI is InChI=1S/C15H10Cl3N3O2/c16-11-8-12(17)15(13(18)9-11)20-19-7-3-5-10-4-1-2-6-14(10)21(22)23/h1-9,20H/b5-3+,19-7-. The highest BCUT2D eigenvalue weighted by Gasteiger charge is 2.09. The van der Waals surface area contributed by atoms with Crippen LogP contribution in [0.4, 0.5) is 11.4 Å². The molecular weight excluding hydrogens is 361 g/mol. The van der Waals surface area contributed by atoms with Crippen molar-refractivity contribution in [2.24, 2.45) is 5.10 Å². The fourth-order valence-corrected chi connectivity index (χ4v) is 2.64. The number of allylic oxidation sites excluding steroid dienone is 1. The van der Waals surface area contributed by atoms with E-state index in [0.29, 0.717) is 26.3 Å². The average Bonchev–Trinajstić information content (AvgIpc) is 2.49. The predicted molar refractivity (Wildman–Crippen MR) is 95.7 cm³/mol. The Balaban J connectivity index is 2.07. The Hall–Kier alpha value is -2.08. The number of nitrogens with one attached hydrogen (secondary N) is 1. The molecule has 0 aromatic heterocycles. The van der Waals surface area contributed by atoms with Crippen LogP contribution in [0.1, 0.15) is 5.56 Å². The summed E-state index contributed by atoms with van der Waals surface area (Å²) < 4.78 is 0. The lowest BCUT2D eigenvalue weighted by Gasteiger charge is -2.05. The summed E-state index contributed by atoms with van der Waals surface area (Å²) >= 11 is 17.8. The molecule has 2 aromatic rings. The van der Waals surface area contributed by atoms with Crippen molar-refractivity contribution in [2.45, 2.75) is 0 Å². The first-order chi connectivity index (χ1) is 11.0. The van der Waals surface area contributed by atoms with Crippen LogP contribution >= 0.6 is 34.8 Å². The van der Waals surface area contributed by atoms with Crippen LogP contribution in [0.25, 0.3) is 6.08 Å². The van der Waals surface area contributed by atoms with Gasteiger partial charge in [0.15, 0.2) is 0 Å². The summed E-state index contributed by atoms with van der Waals surface area (Å²) in [6, 6.07) is 9.47. The van der Waals surface area contributed by atoms with E-state index in [1.807, 2.05) is 0 Å². The summed E-state index contributed by atoms with van der Waals surface area (Å²) in [5.41, 5.74) is 3.62. The van der Waals surface area contributed by atoms with E-state index >= 15 is 0 Å². The number of benzene rings is 2. The first-order valence-corrected chi connectivity index (χ1v) is 7.46. The summed E-state index contributed by atoms with van der Waals surface area (Å²) in [6.45, 7) is 0. The second-order valence-electron chi connectivity index (χ2n) is 4.31. The van der Waals surface area contributed by atoms with Crippen molar-refractivity contribution in [3.05, 3.63) is 73.2 Å². The minimum absolute atomic E-state index is 0.0221. The van der Waals surface area contributed by atoms with Gasteiger partial charge in [0.05, 0.1) is 26.2 Å². The van der Waals surface area contributed by atoms with Crippen molar-refractivity contribution in [1.82, 2.24) is 0 Å². The molecule has 0 aliphatic carbocycles. The van der Waals surface area contributed by atoms with Gasteiger partial charge in [0.1, 0.15) is 0 Å². The van der Waals surface area contributed by atoms with E-state index in [1.54, 1.807) is 30.4 Å². The van der Waals surface area contributed by atoms with Crippen molar-refractivity contribution < 1.29 is 4.92 Å². The molecule has 118 valence electrons. The Kier molecular flexibility index (Phi) is 5.98. The summed E-state index contributed by atoms with van der Waals surface area (Å²) in [5.74, 6) is 0. The average molecular weight is 371 g/mol. The van der Waals surface area contributed by atoms with Crippen LogP contribution in [0, 0.1) is 10.1 Å². The van der Waals surface area contributed by atoms with Gasteiger partial charge in [-0.15, -0.1) is 0 Å². The van der Waals surface area contributed by atoms with Crippen LogP contribution in [0.2, 0.25) is 15.1 Å². The zero-order chi connectivity index (χ0) is 16.8. The molecule has 23 heavy (non-hydrogen) atoms. The second-order valence-corrected chi connectivity index (χ2v) is 5.56. The van der Waals surface area contributed by atoms with Gasteiger partial charge in [0.2, 0.25) is 0 Å². The van der Waals surface area contributed by atoms with Crippen molar-refractivity contribution in [3.8, 4) is 0 Å². The highest BCUT2D eigenvalue weighted by atomic mass is 35.5. The van der Waals surface area contributed by atoms with Crippen molar-refractivity contribution in [2.75, 3.05) is 5.43 Å². The molecule has 5 nitrogen and oxygen atoms in total. The maximum Gasteiger partial charge on any atom is 0.276 e. The highest BCUT2D eigenvalue weighted by Crippen LogP contribution is 2.33. The SMILES string of the molecule is O=[N+]([O-])c1ccccc1/C=C/C=N\Nc1c(Cl)cc(Cl)cc1Cl. The van der Waals surface area contributed by atoms with Crippen molar-refractivity contribution in [3.63, 3.8) is 0 Å². The van der Waals surface area contributed by atoms with Crippen LogP contribution < -0.4 is 5.43 Å². The Morgan fingerprint density at radius 3 is 2.43 bits per heavy atom. The third-order valence-electron chi connectivity index (χ3n) is 2.75. The zero-order valence-corrected chi connectivity index (χ0v) is 13.8. The van der Waals surface area contributed by atoms with Gasteiger partial charge < -0.3 is 0 Å². The smallest absolute Gasteiger partial charge is 0.275 e. The molecule has 0 bridgehead atoms. The summed E-state index contributed by atoms with van der Waals surface area (Å²) in [5, 5.41) is 15.9. The lowest BCUT2D eigenvalue weighted by molar-refractivity contribution is -0.385. The Morgan fingerprint density at radius 2 is 1.78 bits per heavy atom. The quantitative estimate of drug-likeness (QED) is 0.419. The molecule has 0 unspecified atom stereocenters. The molecule has 0 amide bonds. The van der Waals surface area contributed by atoms with Crippen molar-refractivity contribution >= 4 is 58.5 Å². The minimum atomic E-state index is -0.442. The summed E-state index contributed by atoms with van der Waals surface area (Å²) in [4.78, 5) is 10.4. The Labute approximate surface area is 147 Å². The minimum Gasteiger partial charge on any atom is -0.275 e. The summed E-state index contributed by atoms with van der Waals surface area (Å²) in [6.07, 6.45) is 4.57. The molecule has 0 saturated heterocycles. The van der Waals surface area contributed by atoms with Gasteiger partial charge in [-0.1, -0.05) is 46.9 Å². The van der Waals surface area contributed by atoms with Crippen LogP contribution in [0.3, 0.4) is 0 Å². The van der Waals surface area contributed by atoms with Gasteiger partial charge in [0, 0.05) is 17.3 Å². The molecule has 0 atom stereocenters. The summed E-state index contributed by atoms with van der Waals surface area (Å²) in [7, 11) is 0. The number of halogens is 3. The Bertz CT molecular complexity index is 768. The number of hydrogen-bond acceptors (Lipinski definition) is 4. The molecule has 0 radical (unpaired) electrons. The number of hydrazone groups is 1. The van der Waals surface area contributed by atoms with Crippen LogP contribution in [-0.2, 0) is 0 Å². The van der Waals surface area contributed by atoms with E-state index in [-0.39, 0.29) is 5.69 Å². The van der Waals surface area contributed by atoms with Gasteiger partial charge in [-0.3, -0.25) is 15.5 Å². The number of rotatable bonds is 5. The first kappa shape index (κ1) is 17.3. The molecular formula is C15H10Cl3N3O2. The van der Waals surface area contributed by atoms with E-state index < -0.39 is 4.92 Å². The van der Waals surface area contributed by atoms with E-state index in [9.17, 15) is 10.1 Å². The van der Waals surface area contributed by atoms with E-state index in [0.717, 1.165) is 0 Å². The molecule has 0 aliphatic heterocycles. The highest BCUT2D eigenvalue weighted by molar-refractivity contribution is 6.41. The molecule has 0 saturated carbocycles. The third kappa shape index (κ3) is 4.69. The lowest BCUT2D eigenvalue weighted by Crippen LogP contribution is -1.92. The van der Waals surface area contributed by atoms with Crippen LogP contribution in [-0.4, -0.2) is 11.1 Å². The van der Waals surface area contributed by atoms with Gasteiger partial charge in [-0.05, 0) is 30.4 Å². The Morgan fingerprint density at radius 1 is 1.13 bits per heavy atom. The van der Waals surface area contributed by atoms with Crippen LogP contribution in [0.5, 0.6) is 0 Å². The van der Waals surface area contributed by atoms with Crippen molar-refractivity contribution in [1.29, 1.82) is 0 Å².